The van der Waals surface area contributed by atoms with E-state index in [-0.39, 0.29) is 24.8 Å². The van der Waals surface area contributed by atoms with E-state index >= 15 is 0 Å². The van der Waals surface area contributed by atoms with Gasteiger partial charge in [-0.05, 0) is 25.3 Å². The lowest BCUT2D eigenvalue weighted by atomic mass is 10.0. The van der Waals surface area contributed by atoms with Crippen LogP contribution in [-0.2, 0) is 9.53 Å². The Kier molecular flexibility index (Phi) is 12.3. The number of nitrogens with zero attached hydrogens (tertiary/aromatic N) is 2. The zero-order valence-electron chi connectivity index (χ0n) is 14.2. The van der Waals surface area contributed by atoms with Crippen molar-refractivity contribution in [1.29, 1.82) is 0 Å². The van der Waals surface area contributed by atoms with Gasteiger partial charge >= 0.3 is 0 Å². The fraction of sp³-hybridized carbons (Fsp3) is 0.938. The van der Waals surface area contributed by atoms with Gasteiger partial charge in [0.1, 0.15) is 0 Å². The molecule has 2 unspecified atom stereocenters. The summed E-state index contributed by atoms with van der Waals surface area (Å²) in [4.78, 5) is 16.9. The first-order chi connectivity index (χ1) is 10.2. The average molecular weight is 370 g/mol. The number of hydrogen-bond donors (Lipinski definition) is 1. The van der Waals surface area contributed by atoms with Crippen molar-refractivity contribution in [3.63, 3.8) is 0 Å². The number of ether oxygens (including phenoxy) is 1. The van der Waals surface area contributed by atoms with Gasteiger partial charge in [0, 0.05) is 38.6 Å². The number of rotatable bonds is 7. The topological polar surface area (TPSA) is 58.8 Å². The van der Waals surface area contributed by atoms with Gasteiger partial charge in [0.15, 0.2) is 0 Å². The van der Waals surface area contributed by atoms with Crippen LogP contribution < -0.4 is 5.73 Å². The molecular weight excluding hydrogens is 337 g/mol. The maximum Gasteiger partial charge on any atom is 0.222 e. The Balaban J connectivity index is 0.00000242. The van der Waals surface area contributed by atoms with E-state index in [0.717, 1.165) is 71.6 Å². The predicted octanol–water partition coefficient (Wildman–Crippen LogP) is 1.92. The van der Waals surface area contributed by atoms with E-state index in [9.17, 15) is 4.79 Å². The number of carbonyl (C=O) groups is 1. The average Bonchev–Trinajstić information content (AvgIpc) is 2.90. The molecule has 0 spiro atoms. The molecule has 0 radical (unpaired) electrons. The highest BCUT2D eigenvalue weighted by molar-refractivity contribution is 5.85. The molecule has 2 heterocycles. The highest BCUT2D eigenvalue weighted by Crippen LogP contribution is 2.23. The van der Waals surface area contributed by atoms with Crippen molar-refractivity contribution in [3.05, 3.63) is 0 Å². The summed E-state index contributed by atoms with van der Waals surface area (Å²) in [5.41, 5.74) is 5.48. The van der Waals surface area contributed by atoms with Crippen LogP contribution in [0.25, 0.3) is 0 Å². The highest BCUT2D eigenvalue weighted by atomic mass is 35.5. The first-order valence-electron chi connectivity index (χ1n) is 8.52. The second-order valence-corrected chi connectivity index (χ2v) is 6.44. The molecule has 2 saturated heterocycles. The molecule has 2 N–H and O–H groups in total. The van der Waals surface area contributed by atoms with Gasteiger partial charge in [-0.25, -0.2) is 0 Å². The lowest BCUT2D eigenvalue weighted by Crippen LogP contribution is -2.47. The van der Waals surface area contributed by atoms with Gasteiger partial charge in [-0.3, -0.25) is 9.69 Å². The molecule has 0 aromatic carbocycles. The number of amides is 1. The Bertz CT molecular complexity index is 328. The fourth-order valence-electron chi connectivity index (χ4n) is 3.47. The number of unbranched alkanes of at least 4 members (excludes halogenated alkanes) is 3. The van der Waals surface area contributed by atoms with E-state index in [1.54, 1.807) is 0 Å². The van der Waals surface area contributed by atoms with E-state index in [4.69, 9.17) is 10.5 Å². The van der Waals surface area contributed by atoms with Gasteiger partial charge in [-0.1, -0.05) is 19.8 Å². The number of nitrogens with two attached hydrogens (primary N) is 1. The maximum absolute atomic E-state index is 12.3. The fourth-order valence-corrected chi connectivity index (χ4v) is 3.47. The molecule has 0 bridgehead atoms. The minimum Gasteiger partial charge on any atom is -0.379 e. The van der Waals surface area contributed by atoms with Gasteiger partial charge in [0.2, 0.25) is 5.91 Å². The normalized spacial score (nSPS) is 24.9. The van der Waals surface area contributed by atoms with E-state index in [1.165, 1.54) is 0 Å². The summed E-state index contributed by atoms with van der Waals surface area (Å²) in [5.74, 6) is 0.912. The maximum atomic E-state index is 12.3. The van der Waals surface area contributed by atoms with Crippen LogP contribution in [-0.4, -0.2) is 67.7 Å². The Morgan fingerprint density at radius 3 is 2.39 bits per heavy atom. The summed E-state index contributed by atoms with van der Waals surface area (Å²) in [6.45, 7) is 8.54. The highest BCUT2D eigenvalue weighted by Gasteiger charge is 2.36. The minimum absolute atomic E-state index is 0. The van der Waals surface area contributed by atoms with E-state index in [2.05, 4.69) is 16.7 Å². The standard InChI is InChI=1S/C16H31N3O2.2ClH/c1-14-12-19(16(20)6-4-2-3-5-7-17)13-15(14)18-8-10-21-11-9-18;;/h14-15H,2-13,17H2,1H3;2*1H. The number of morpholine rings is 1. The predicted molar refractivity (Wildman–Crippen MR) is 98.6 cm³/mol. The van der Waals surface area contributed by atoms with Gasteiger partial charge in [-0.2, -0.15) is 0 Å². The molecule has 2 atom stereocenters. The Labute approximate surface area is 153 Å². The minimum atomic E-state index is 0. The summed E-state index contributed by atoms with van der Waals surface area (Å²) < 4.78 is 5.42. The van der Waals surface area contributed by atoms with Crippen LogP contribution in [0, 0.1) is 5.92 Å². The zero-order valence-corrected chi connectivity index (χ0v) is 15.9. The van der Waals surface area contributed by atoms with Crippen LogP contribution in [0.5, 0.6) is 0 Å². The number of likely N-dealkylation sites (tertiary alicyclic amines) is 1. The quantitative estimate of drug-likeness (QED) is 0.696. The van der Waals surface area contributed by atoms with Crippen molar-refractivity contribution in [2.75, 3.05) is 45.9 Å². The van der Waals surface area contributed by atoms with Crippen LogP contribution in [0.2, 0.25) is 0 Å². The van der Waals surface area contributed by atoms with Crippen molar-refractivity contribution in [2.24, 2.45) is 11.7 Å². The Morgan fingerprint density at radius 1 is 1.09 bits per heavy atom. The molecule has 0 aromatic heterocycles. The van der Waals surface area contributed by atoms with Crippen LogP contribution in [0.3, 0.4) is 0 Å². The van der Waals surface area contributed by atoms with E-state index in [0.29, 0.717) is 24.3 Å². The Morgan fingerprint density at radius 2 is 1.74 bits per heavy atom. The monoisotopic (exact) mass is 369 g/mol. The van der Waals surface area contributed by atoms with E-state index < -0.39 is 0 Å². The largest absolute Gasteiger partial charge is 0.379 e. The van der Waals surface area contributed by atoms with Crippen LogP contribution in [0.15, 0.2) is 0 Å². The first-order valence-corrected chi connectivity index (χ1v) is 8.52. The van der Waals surface area contributed by atoms with Gasteiger partial charge < -0.3 is 15.4 Å². The third kappa shape index (κ3) is 7.14. The Hall–Kier alpha value is -0.0700. The summed E-state index contributed by atoms with van der Waals surface area (Å²) in [6, 6.07) is 0.523. The molecule has 2 aliphatic rings. The van der Waals surface area contributed by atoms with Crippen LogP contribution in [0.1, 0.15) is 39.0 Å². The third-order valence-corrected chi connectivity index (χ3v) is 4.78. The number of carbonyl (C=O) groups excluding carboxylic acids is 1. The summed E-state index contributed by atoms with van der Waals surface area (Å²) in [5, 5.41) is 0. The van der Waals surface area contributed by atoms with Crippen molar-refractivity contribution >= 4 is 30.7 Å². The molecule has 0 aromatic rings. The molecule has 2 fully saturated rings. The van der Waals surface area contributed by atoms with Gasteiger partial charge in [-0.15, -0.1) is 24.8 Å². The SMILES string of the molecule is CC1CN(C(=O)CCCCCCN)CC1N1CCOCC1.Cl.Cl. The van der Waals surface area contributed by atoms with Crippen LogP contribution in [0.4, 0.5) is 0 Å². The lowest BCUT2D eigenvalue weighted by molar-refractivity contribution is -0.130. The van der Waals surface area contributed by atoms with E-state index in [1.807, 2.05) is 0 Å². The second kappa shape index (κ2) is 12.3. The van der Waals surface area contributed by atoms with Crippen LogP contribution >= 0.6 is 24.8 Å². The van der Waals surface area contributed by atoms with Crippen molar-refractivity contribution < 1.29 is 9.53 Å². The molecule has 138 valence electrons. The molecule has 2 rings (SSSR count). The summed E-state index contributed by atoms with van der Waals surface area (Å²) in [7, 11) is 0. The zero-order chi connectivity index (χ0) is 15.1. The molecule has 0 aliphatic carbocycles. The number of halogens is 2. The summed E-state index contributed by atoms with van der Waals surface area (Å²) >= 11 is 0. The van der Waals surface area contributed by atoms with Gasteiger partial charge in [0.05, 0.1) is 13.2 Å². The summed E-state index contributed by atoms with van der Waals surface area (Å²) in [6.07, 6.45) is 5.06. The molecule has 5 nitrogen and oxygen atoms in total. The number of hydrogen-bond acceptors (Lipinski definition) is 4. The second-order valence-electron chi connectivity index (χ2n) is 6.44. The molecule has 23 heavy (non-hydrogen) atoms. The van der Waals surface area contributed by atoms with Crippen molar-refractivity contribution in [2.45, 2.75) is 45.1 Å². The molecule has 2 aliphatic heterocycles. The van der Waals surface area contributed by atoms with Crippen molar-refractivity contribution in [1.82, 2.24) is 9.80 Å². The smallest absolute Gasteiger partial charge is 0.222 e. The third-order valence-electron chi connectivity index (χ3n) is 4.78. The first kappa shape index (κ1) is 22.9. The molecule has 1 amide bonds. The molecule has 7 heteroatoms. The van der Waals surface area contributed by atoms with Crippen molar-refractivity contribution in [3.8, 4) is 0 Å². The molecular formula is C16H33Cl2N3O2. The molecule has 0 saturated carbocycles. The van der Waals surface area contributed by atoms with Gasteiger partial charge in [0.25, 0.3) is 0 Å². The lowest BCUT2D eigenvalue weighted by Gasteiger charge is -2.34.